The van der Waals surface area contributed by atoms with Crippen molar-refractivity contribution in [3.63, 3.8) is 0 Å². The Balaban J connectivity index is 2.10. The number of nitrogens with zero attached hydrogens (tertiary/aromatic N) is 2. The second kappa shape index (κ2) is 6.92. The summed E-state index contributed by atoms with van der Waals surface area (Å²) in [5.74, 6) is 0.761. The highest BCUT2D eigenvalue weighted by atomic mass is 35.5. The van der Waals surface area contributed by atoms with E-state index in [4.69, 9.17) is 11.6 Å². The first-order valence-corrected chi connectivity index (χ1v) is 6.42. The van der Waals surface area contributed by atoms with Crippen LogP contribution in [0.1, 0.15) is 26.7 Å². The maximum Gasteiger partial charge on any atom is 0.0533 e. The minimum Gasteiger partial charge on any atom is -0.314 e. The maximum atomic E-state index is 5.70. The van der Waals surface area contributed by atoms with Gasteiger partial charge in [0.15, 0.2) is 0 Å². The SMILES string of the molecule is CC(C)(CCCCl)CNCCn1cccn1. The highest BCUT2D eigenvalue weighted by Crippen LogP contribution is 2.21. The molecule has 0 aliphatic rings. The largest absolute Gasteiger partial charge is 0.314 e. The number of halogens is 1. The summed E-state index contributed by atoms with van der Waals surface area (Å²) >= 11 is 5.70. The van der Waals surface area contributed by atoms with Gasteiger partial charge in [-0.1, -0.05) is 13.8 Å². The molecule has 0 aliphatic carbocycles. The van der Waals surface area contributed by atoms with Crippen molar-refractivity contribution in [2.75, 3.05) is 19.0 Å². The van der Waals surface area contributed by atoms with E-state index in [0.717, 1.165) is 31.9 Å². The van der Waals surface area contributed by atoms with Gasteiger partial charge in [-0.2, -0.15) is 5.10 Å². The molecule has 16 heavy (non-hydrogen) atoms. The molecule has 1 aromatic heterocycles. The molecule has 0 saturated carbocycles. The number of hydrogen-bond donors (Lipinski definition) is 1. The van der Waals surface area contributed by atoms with Crippen LogP contribution < -0.4 is 5.32 Å². The summed E-state index contributed by atoms with van der Waals surface area (Å²) in [7, 11) is 0. The van der Waals surface area contributed by atoms with Crippen LogP contribution in [0.4, 0.5) is 0 Å². The van der Waals surface area contributed by atoms with E-state index >= 15 is 0 Å². The Kier molecular flexibility index (Phi) is 5.85. The van der Waals surface area contributed by atoms with Crippen molar-refractivity contribution in [1.29, 1.82) is 0 Å². The van der Waals surface area contributed by atoms with Gasteiger partial charge in [-0.3, -0.25) is 4.68 Å². The molecule has 92 valence electrons. The van der Waals surface area contributed by atoms with Crippen LogP contribution in [0.2, 0.25) is 0 Å². The Hall–Kier alpha value is -0.540. The van der Waals surface area contributed by atoms with Gasteiger partial charge >= 0.3 is 0 Å². The molecule has 1 N–H and O–H groups in total. The van der Waals surface area contributed by atoms with Gasteiger partial charge in [0.2, 0.25) is 0 Å². The van der Waals surface area contributed by atoms with Crippen molar-refractivity contribution < 1.29 is 0 Å². The third-order valence-corrected chi connectivity index (χ3v) is 2.93. The molecular weight excluding hydrogens is 222 g/mol. The van der Waals surface area contributed by atoms with Crippen molar-refractivity contribution in [2.24, 2.45) is 5.41 Å². The van der Waals surface area contributed by atoms with Crippen LogP contribution in [0.15, 0.2) is 18.5 Å². The molecule has 0 aliphatic heterocycles. The van der Waals surface area contributed by atoms with Crippen LogP contribution in [0, 0.1) is 5.41 Å². The number of nitrogens with one attached hydrogen (secondary N) is 1. The van der Waals surface area contributed by atoms with Crippen LogP contribution in [0.3, 0.4) is 0 Å². The van der Waals surface area contributed by atoms with Crippen molar-refractivity contribution in [3.8, 4) is 0 Å². The lowest BCUT2D eigenvalue weighted by atomic mass is 9.88. The lowest BCUT2D eigenvalue weighted by Gasteiger charge is -2.24. The first kappa shape index (κ1) is 13.5. The van der Waals surface area contributed by atoms with Crippen molar-refractivity contribution >= 4 is 11.6 Å². The van der Waals surface area contributed by atoms with E-state index in [9.17, 15) is 0 Å². The van der Waals surface area contributed by atoms with Crippen LogP contribution >= 0.6 is 11.6 Å². The second-order valence-electron chi connectivity index (χ2n) is 4.90. The Morgan fingerprint density at radius 3 is 2.88 bits per heavy atom. The molecule has 0 amide bonds. The van der Waals surface area contributed by atoms with E-state index in [1.54, 1.807) is 0 Å². The van der Waals surface area contributed by atoms with Crippen molar-refractivity contribution in [1.82, 2.24) is 15.1 Å². The number of alkyl halides is 1. The van der Waals surface area contributed by atoms with Gasteiger partial charge in [0, 0.05) is 31.4 Å². The minimum absolute atomic E-state index is 0.332. The van der Waals surface area contributed by atoms with Gasteiger partial charge in [-0.05, 0) is 24.3 Å². The average Bonchev–Trinajstić information content (AvgIpc) is 2.75. The van der Waals surface area contributed by atoms with Gasteiger partial charge < -0.3 is 5.32 Å². The summed E-state index contributed by atoms with van der Waals surface area (Å²) in [6.45, 7) is 7.48. The summed E-state index contributed by atoms with van der Waals surface area (Å²) in [6.07, 6.45) is 6.06. The fourth-order valence-corrected chi connectivity index (χ4v) is 1.82. The van der Waals surface area contributed by atoms with Gasteiger partial charge in [0.1, 0.15) is 0 Å². The number of aromatic nitrogens is 2. The molecule has 0 radical (unpaired) electrons. The van der Waals surface area contributed by atoms with Gasteiger partial charge in [0.25, 0.3) is 0 Å². The van der Waals surface area contributed by atoms with Crippen molar-refractivity contribution in [3.05, 3.63) is 18.5 Å². The molecule has 0 aromatic carbocycles. The maximum absolute atomic E-state index is 5.70. The zero-order valence-electron chi connectivity index (χ0n) is 10.2. The molecule has 0 saturated heterocycles. The van der Waals surface area contributed by atoms with Gasteiger partial charge in [-0.15, -0.1) is 11.6 Å². The highest BCUT2D eigenvalue weighted by Gasteiger charge is 2.16. The predicted octanol–water partition coefficient (Wildman–Crippen LogP) is 2.52. The van der Waals surface area contributed by atoms with E-state index in [1.165, 1.54) is 6.42 Å². The summed E-state index contributed by atoms with van der Waals surface area (Å²) in [5, 5.41) is 7.63. The average molecular weight is 244 g/mol. The summed E-state index contributed by atoms with van der Waals surface area (Å²) in [5.41, 5.74) is 0.332. The summed E-state index contributed by atoms with van der Waals surface area (Å²) < 4.78 is 1.94. The first-order chi connectivity index (χ1) is 7.64. The topological polar surface area (TPSA) is 29.9 Å². The molecule has 0 unspecified atom stereocenters. The number of hydrogen-bond acceptors (Lipinski definition) is 2. The zero-order valence-corrected chi connectivity index (χ0v) is 11.0. The van der Waals surface area contributed by atoms with E-state index in [-0.39, 0.29) is 0 Å². The Morgan fingerprint density at radius 1 is 1.44 bits per heavy atom. The Morgan fingerprint density at radius 2 is 2.25 bits per heavy atom. The molecule has 0 spiro atoms. The minimum atomic E-state index is 0.332. The van der Waals surface area contributed by atoms with Gasteiger partial charge in [0.05, 0.1) is 6.54 Å². The second-order valence-corrected chi connectivity index (χ2v) is 5.28. The highest BCUT2D eigenvalue weighted by molar-refractivity contribution is 6.17. The van der Waals surface area contributed by atoms with Gasteiger partial charge in [-0.25, -0.2) is 0 Å². The summed E-state index contributed by atoms with van der Waals surface area (Å²) in [6, 6.07) is 1.95. The molecule has 0 bridgehead atoms. The Labute approximate surface area is 103 Å². The zero-order chi connectivity index (χ0) is 11.9. The number of rotatable bonds is 8. The standard InChI is InChI=1S/C12H22ClN3/c1-12(2,5-3-6-13)11-14-8-10-16-9-4-7-15-16/h4,7,9,14H,3,5-6,8,10-11H2,1-2H3. The molecule has 1 rings (SSSR count). The third-order valence-electron chi connectivity index (χ3n) is 2.67. The monoisotopic (exact) mass is 243 g/mol. The van der Waals surface area contributed by atoms with E-state index in [2.05, 4.69) is 24.3 Å². The molecule has 0 fully saturated rings. The fourth-order valence-electron chi connectivity index (χ4n) is 1.69. The quantitative estimate of drug-likeness (QED) is 0.562. The lowest BCUT2D eigenvalue weighted by Crippen LogP contribution is -2.31. The normalized spacial score (nSPS) is 11.9. The van der Waals surface area contributed by atoms with Crippen LogP contribution in [-0.2, 0) is 6.54 Å². The molecule has 0 atom stereocenters. The smallest absolute Gasteiger partial charge is 0.0533 e. The fraction of sp³-hybridized carbons (Fsp3) is 0.750. The molecule has 1 aromatic rings. The molecule has 1 heterocycles. The van der Waals surface area contributed by atoms with Crippen LogP contribution in [-0.4, -0.2) is 28.8 Å². The third kappa shape index (κ3) is 5.52. The van der Waals surface area contributed by atoms with E-state index in [0.29, 0.717) is 5.41 Å². The predicted molar refractivity (Wildman–Crippen MR) is 68.8 cm³/mol. The lowest BCUT2D eigenvalue weighted by molar-refractivity contribution is 0.309. The molecular formula is C12H22ClN3. The van der Waals surface area contributed by atoms with Crippen molar-refractivity contribution in [2.45, 2.75) is 33.2 Å². The molecule has 4 heteroatoms. The summed E-state index contributed by atoms with van der Waals surface area (Å²) in [4.78, 5) is 0. The molecule has 3 nitrogen and oxygen atoms in total. The van der Waals surface area contributed by atoms with Crippen LogP contribution in [0.5, 0.6) is 0 Å². The van der Waals surface area contributed by atoms with Crippen LogP contribution in [0.25, 0.3) is 0 Å². The van der Waals surface area contributed by atoms with E-state index < -0.39 is 0 Å². The first-order valence-electron chi connectivity index (χ1n) is 5.88. The van der Waals surface area contributed by atoms with E-state index in [1.807, 2.05) is 23.1 Å². The Bertz CT molecular complexity index is 270.